The highest BCUT2D eigenvalue weighted by atomic mass is 79.9. The Bertz CT molecular complexity index is 1030. The molecular formula is C23H23BrN2O4S. The molecule has 0 radical (unpaired) electrons. The van der Waals surface area contributed by atoms with Crippen LogP contribution in [0.25, 0.3) is 6.08 Å². The van der Waals surface area contributed by atoms with E-state index in [-0.39, 0.29) is 5.91 Å². The number of nitrogens with zero attached hydrogens (tertiary/aromatic N) is 2. The van der Waals surface area contributed by atoms with Gasteiger partial charge in [-0.05, 0) is 82.7 Å². The van der Waals surface area contributed by atoms with Gasteiger partial charge in [0.05, 0.1) is 29.3 Å². The number of amidine groups is 1. The molecule has 1 heterocycles. The first-order valence-corrected chi connectivity index (χ1v) is 11.2. The molecule has 3 rings (SSSR count). The Morgan fingerprint density at radius 2 is 1.94 bits per heavy atom. The summed E-state index contributed by atoms with van der Waals surface area (Å²) < 4.78 is 17.0. The van der Waals surface area contributed by atoms with Gasteiger partial charge in [-0.2, -0.15) is 0 Å². The number of benzene rings is 2. The molecule has 0 saturated carbocycles. The van der Waals surface area contributed by atoms with Gasteiger partial charge in [0.25, 0.3) is 5.91 Å². The van der Waals surface area contributed by atoms with E-state index >= 15 is 0 Å². The average Bonchev–Trinajstić information content (AvgIpc) is 3.06. The molecule has 0 atom stereocenters. The second kappa shape index (κ2) is 10.5. The molecule has 1 aliphatic heterocycles. The van der Waals surface area contributed by atoms with Gasteiger partial charge < -0.3 is 14.2 Å². The molecule has 1 saturated heterocycles. The summed E-state index contributed by atoms with van der Waals surface area (Å²) in [7, 11) is 3.20. The molecule has 2 aromatic rings. The molecule has 0 unspecified atom stereocenters. The van der Waals surface area contributed by atoms with Gasteiger partial charge in [0.15, 0.2) is 16.7 Å². The van der Waals surface area contributed by atoms with Crippen LogP contribution in [0.4, 0.5) is 5.69 Å². The number of likely N-dealkylation sites (N-methyl/N-ethyl adjacent to an activating group) is 1. The number of carbonyl (C=O) groups excluding carboxylic acids is 1. The van der Waals surface area contributed by atoms with Crippen molar-refractivity contribution in [2.75, 3.05) is 27.4 Å². The molecule has 0 bridgehead atoms. The lowest BCUT2D eigenvalue weighted by Crippen LogP contribution is -2.28. The predicted octanol–water partition coefficient (Wildman–Crippen LogP) is 5.66. The number of thioether (sulfide) groups is 1. The van der Waals surface area contributed by atoms with Crippen molar-refractivity contribution in [2.45, 2.75) is 6.92 Å². The Hall–Kier alpha value is -2.71. The standard InChI is InChI=1S/C23H23BrN2O4S/c1-5-11-30-21-18(24)12-15(13-19(21)29-4)14-20-22(27)26(6-2)23(31-20)25-16-7-9-17(28-3)10-8-16/h5,7-10,12-14H,1,6,11H2,2-4H3/b20-14+,25-23?. The largest absolute Gasteiger partial charge is 0.497 e. The minimum Gasteiger partial charge on any atom is -0.497 e. The molecule has 31 heavy (non-hydrogen) atoms. The number of amides is 1. The van der Waals surface area contributed by atoms with Crippen molar-refractivity contribution in [1.82, 2.24) is 4.90 Å². The summed E-state index contributed by atoms with van der Waals surface area (Å²) in [6.45, 7) is 6.48. The second-order valence-corrected chi connectivity index (χ2v) is 8.25. The van der Waals surface area contributed by atoms with Gasteiger partial charge in [-0.3, -0.25) is 9.69 Å². The number of hydrogen-bond donors (Lipinski definition) is 0. The Morgan fingerprint density at radius 1 is 1.19 bits per heavy atom. The maximum atomic E-state index is 12.9. The Balaban J connectivity index is 1.92. The minimum absolute atomic E-state index is 0.0816. The fourth-order valence-electron chi connectivity index (χ4n) is 2.89. The van der Waals surface area contributed by atoms with Crippen molar-refractivity contribution in [3.05, 3.63) is 64.0 Å². The third-order valence-corrected chi connectivity index (χ3v) is 5.99. The zero-order valence-corrected chi connectivity index (χ0v) is 20.0. The Labute approximate surface area is 194 Å². The molecule has 2 aromatic carbocycles. The molecule has 162 valence electrons. The van der Waals surface area contributed by atoms with Crippen LogP contribution in [0.15, 0.2) is 63.4 Å². The third kappa shape index (κ3) is 5.32. The van der Waals surface area contributed by atoms with Crippen molar-refractivity contribution >= 4 is 50.5 Å². The summed E-state index contributed by atoms with van der Waals surface area (Å²) in [6, 6.07) is 11.1. The molecule has 0 aliphatic carbocycles. The van der Waals surface area contributed by atoms with Gasteiger partial charge in [0, 0.05) is 6.54 Å². The van der Waals surface area contributed by atoms with Gasteiger partial charge in [0.1, 0.15) is 12.4 Å². The van der Waals surface area contributed by atoms with Gasteiger partial charge in [-0.1, -0.05) is 12.7 Å². The number of methoxy groups -OCH3 is 2. The van der Waals surface area contributed by atoms with Crippen LogP contribution in [0.1, 0.15) is 12.5 Å². The lowest BCUT2D eigenvalue weighted by atomic mass is 10.2. The third-order valence-electron chi connectivity index (χ3n) is 4.40. The van der Waals surface area contributed by atoms with Crippen molar-refractivity contribution < 1.29 is 19.0 Å². The summed E-state index contributed by atoms with van der Waals surface area (Å²) >= 11 is 4.87. The highest BCUT2D eigenvalue weighted by Crippen LogP contribution is 2.39. The number of aliphatic imine (C=N–C) groups is 1. The normalized spacial score (nSPS) is 16.1. The van der Waals surface area contributed by atoms with E-state index in [9.17, 15) is 4.79 Å². The maximum Gasteiger partial charge on any atom is 0.266 e. The van der Waals surface area contributed by atoms with Crippen LogP contribution in [0.3, 0.4) is 0 Å². The van der Waals surface area contributed by atoms with E-state index < -0.39 is 0 Å². The number of rotatable bonds is 8. The van der Waals surface area contributed by atoms with Crippen LogP contribution in [-0.2, 0) is 4.79 Å². The number of carbonyl (C=O) groups is 1. The monoisotopic (exact) mass is 502 g/mol. The van der Waals surface area contributed by atoms with E-state index in [1.54, 1.807) is 25.2 Å². The number of halogens is 1. The van der Waals surface area contributed by atoms with Crippen LogP contribution >= 0.6 is 27.7 Å². The lowest BCUT2D eigenvalue weighted by Gasteiger charge is -2.13. The van der Waals surface area contributed by atoms with E-state index in [0.29, 0.717) is 34.7 Å². The Morgan fingerprint density at radius 3 is 2.55 bits per heavy atom. The van der Waals surface area contributed by atoms with Crippen LogP contribution in [-0.4, -0.2) is 43.3 Å². The minimum atomic E-state index is -0.0816. The molecule has 0 spiro atoms. The highest BCUT2D eigenvalue weighted by Gasteiger charge is 2.32. The maximum absolute atomic E-state index is 12.9. The number of hydrogen-bond acceptors (Lipinski definition) is 6. The summed E-state index contributed by atoms with van der Waals surface area (Å²) in [4.78, 5) is 19.8. The molecule has 1 amide bonds. The summed E-state index contributed by atoms with van der Waals surface area (Å²) in [6.07, 6.45) is 3.50. The molecular weight excluding hydrogens is 480 g/mol. The summed E-state index contributed by atoms with van der Waals surface area (Å²) in [5, 5.41) is 0.640. The first-order chi connectivity index (χ1) is 15.0. The number of ether oxygens (including phenoxy) is 3. The molecule has 1 fully saturated rings. The van der Waals surface area contributed by atoms with E-state index in [1.165, 1.54) is 11.8 Å². The summed E-state index contributed by atoms with van der Waals surface area (Å²) in [5.74, 6) is 1.83. The van der Waals surface area contributed by atoms with Crippen LogP contribution in [0.5, 0.6) is 17.2 Å². The molecule has 0 N–H and O–H groups in total. The SMILES string of the molecule is C=CCOc1c(Br)cc(/C=C2/SC(=Nc3ccc(OC)cc3)N(CC)C2=O)cc1OC. The van der Waals surface area contributed by atoms with Crippen molar-refractivity contribution in [1.29, 1.82) is 0 Å². The second-order valence-electron chi connectivity index (χ2n) is 6.39. The van der Waals surface area contributed by atoms with E-state index in [4.69, 9.17) is 14.2 Å². The van der Waals surface area contributed by atoms with Gasteiger partial charge in [-0.15, -0.1) is 0 Å². The average molecular weight is 503 g/mol. The van der Waals surface area contributed by atoms with Crippen LogP contribution < -0.4 is 14.2 Å². The zero-order chi connectivity index (χ0) is 22.4. The van der Waals surface area contributed by atoms with Gasteiger partial charge in [-0.25, -0.2) is 4.99 Å². The highest BCUT2D eigenvalue weighted by molar-refractivity contribution is 9.10. The van der Waals surface area contributed by atoms with E-state index in [2.05, 4.69) is 27.5 Å². The quantitative estimate of drug-likeness (QED) is 0.344. The van der Waals surface area contributed by atoms with Crippen molar-refractivity contribution in [2.24, 2.45) is 4.99 Å². The van der Waals surface area contributed by atoms with Crippen LogP contribution in [0, 0.1) is 0 Å². The van der Waals surface area contributed by atoms with Crippen molar-refractivity contribution in [3.63, 3.8) is 0 Å². The zero-order valence-electron chi connectivity index (χ0n) is 17.6. The predicted molar refractivity (Wildman–Crippen MR) is 129 cm³/mol. The smallest absolute Gasteiger partial charge is 0.266 e. The molecule has 1 aliphatic rings. The van der Waals surface area contributed by atoms with Crippen LogP contribution in [0.2, 0.25) is 0 Å². The molecule has 6 nitrogen and oxygen atoms in total. The topological polar surface area (TPSA) is 60.4 Å². The van der Waals surface area contributed by atoms with Gasteiger partial charge >= 0.3 is 0 Å². The lowest BCUT2D eigenvalue weighted by molar-refractivity contribution is -0.122. The van der Waals surface area contributed by atoms with Gasteiger partial charge in [0.2, 0.25) is 0 Å². The first-order valence-electron chi connectivity index (χ1n) is 9.56. The first kappa shape index (κ1) is 23.0. The molecule has 8 heteroatoms. The fraction of sp³-hybridized carbons (Fsp3) is 0.217. The van der Waals surface area contributed by atoms with Crippen molar-refractivity contribution in [3.8, 4) is 17.2 Å². The summed E-state index contributed by atoms with van der Waals surface area (Å²) in [5.41, 5.74) is 1.57. The molecule has 0 aromatic heterocycles. The van der Waals surface area contributed by atoms with E-state index in [1.807, 2.05) is 49.4 Å². The van der Waals surface area contributed by atoms with E-state index in [0.717, 1.165) is 21.5 Å². The fourth-order valence-corrected chi connectivity index (χ4v) is 4.53. The Kier molecular flexibility index (Phi) is 7.81.